The van der Waals surface area contributed by atoms with Gasteiger partial charge in [-0.3, -0.25) is 4.79 Å². The van der Waals surface area contributed by atoms with E-state index in [-0.39, 0.29) is 22.2 Å². The highest BCUT2D eigenvalue weighted by molar-refractivity contribution is 7.99. The van der Waals surface area contributed by atoms with Gasteiger partial charge < -0.3 is 5.32 Å². The summed E-state index contributed by atoms with van der Waals surface area (Å²) in [6, 6.07) is 8.70. The molecule has 1 amide bonds. The van der Waals surface area contributed by atoms with Crippen molar-refractivity contribution in [2.75, 3.05) is 5.75 Å². The van der Waals surface area contributed by atoms with Gasteiger partial charge in [0.1, 0.15) is 0 Å². The molecule has 0 saturated heterocycles. The van der Waals surface area contributed by atoms with Crippen LogP contribution in [-0.2, 0) is 4.79 Å². The van der Waals surface area contributed by atoms with Crippen LogP contribution in [0.15, 0.2) is 29.2 Å². The first kappa shape index (κ1) is 15.6. The average Bonchev–Trinajstić information content (AvgIpc) is 2.53. The normalized spacial score (nSPS) is 42.6. The lowest BCUT2D eigenvalue weighted by molar-refractivity contribution is -0.145. The number of hydrogen-bond donors (Lipinski definition) is 1. The SMILES string of the molecule is O=C(N[C@@H]1CCSc2ccccc21)C12C[C@@H]3C[C@H](CC(Cl)(C3)C1)C2. The van der Waals surface area contributed by atoms with E-state index in [4.69, 9.17) is 11.6 Å². The fraction of sp³-hybridized carbons (Fsp3) is 0.650. The van der Waals surface area contributed by atoms with Crippen LogP contribution in [0.3, 0.4) is 0 Å². The number of hydrogen-bond acceptors (Lipinski definition) is 2. The van der Waals surface area contributed by atoms with Crippen LogP contribution in [0.25, 0.3) is 0 Å². The van der Waals surface area contributed by atoms with Crippen LogP contribution < -0.4 is 5.32 Å². The number of amides is 1. The Morgan fingerprint density at radius 2 is 1.92 bits per heavy atom. The minimum Gasteiger partial charge on any atom is -0.349 e. The van der Waals surface area contributed by atoms with E-state index in [2.05, 4.69) is 29.6 Å². The fourth-order valence-corrected chi connectivity index (χ4v) is 8.04. The first-order valence-electron chi connectivity index (χ1n) is 9.27. The van der Waals surface area contributed by atoms with Crippen LogP contribution in [0.4, 0.5) is 0 Å². The number of halogens is 1. The third-order valence-corrected chi connectivity index (χ3v) is 8.30. The molecule has 0 spiro atoms. The first-order valence-corrected chi connectivity index (χ1v) is 10.6. The molecule has 4 saturated carbocycles. The second-order valence-corrected chi connectivity index (χ2v) is 10.5. The Balaban J connectivity index is 1.40. The lowest BCUT2D eigenvalue weighted by Crippen LogP contribution is -2.58. The van der Waals surface area contributed by atoms with Crippen molar-refractivity contribution >= 4 is 29.3 Å². The summed E-state index contributed by atoms with van der Waals surface area (Å²) in [6.07, 6.45) is 7.60. The Kier molecular flexibility index (Phi) is 3.51. The molecule has 1 aromatic carbocycles. The summed E-state index contributed by atoms with van der Waals surface area (Å²) in [5, 5.41) is 3.44. The molecule has 128 valence electrons. The van der Waals surface area contributed by atoms with Gasteiger partial charge in [-0.1, -0.05) is 18.2 Å². The molecule has 1 heterocycles. The molecule has 6 rings (SSSR count). The molecule has 0 radical (unpaired) electrons. The van der Waals surface area contributed by atoms with E-state index in [1.54, 1.807) is 0 Å². The first-order chi connectivity index (χ1) is 11.6. The van der Waals surface area contributed by atoms with Gasteiger partial charge in [0.25, 0.3) is 0 Å². The largest absolute Gasteiger partial charge is 0.349 e. The molecular weight excluding hydrogens is 338 g/mol. The molecule has 4 bridgehead atoms. The molecule has 1 aromatic rings. The Morgan fingerprint density at radius 1 is 1.17 bits per heavy atom. The topological polar surface area (TPSA) is 29.1 Å². The molecule has 1 aliphatic heterocycles. The van der Waals surface area contributed by atoms with Crippen LogP contribution in [-0.4, -0.2) is 16.5 Å². The summed E-state index contributed by atoms with van der Waals surface area (Å²) in [5.74, 6) is 2.71. The monoisotopic (exact) mass is 361 g/mol. The van der Waals surface area contributed by atoms with Gasteiger partial charge >= 0.3 is 0 Å². The van der Waals surface area contributed by atoms with Crippen molar-refractivity contribution < 1.29 is 4.79 Å². The summed E-state index contributed by atoms with van der Waals surface area (Å²) < 4.78 is 0. The summed E-state index contributed by atoms with van der Waals surface area (Å²) in [5.41, 5.74) is 1.11. The van der Waals surface area contributed by atoms with Crippen molar-refractivity contribution in [1.29, 1.82) is 0 Å². The zero-order valence-corrected chi connectivity index (χ0v) is 15.5. The van der Waals surface area contributed by atoms with Gasteiger partial charge in [0.05, 0.1) is 11.5 Å². The second kappa shape index (κ2) is 5.41. The van der Waals surface area contributed by atoms with E-state index in [1.165, 1.54) is 16.9 Å². The summed E-state index contributed by atoms with van der Waals surface area (Å²) >= 11 is 8.81. The number of thioether (sulfide) groups is 1. The van der Waals surface area contributed by atoms with Crippen molar-refractivity contribution in [2.24, 2.45) is 17.3 Å². The van der Waals surface area contributed by atoms with Crippen LogP contribution in [0.5, 0.6) is 0 Å². The zero-order chi connectivity index (χ0) is 16.4. The third kappa shape index (κ3) is 2.42. The lowest BCUT2D eigenvalue weighted by Gasteiger charge is -2.59. The zero-order valence-electron chi connectivity index (χ0n) is 13.9. The van der Waals surface area contributed by atoms with Gasteiger partial charge in [-0.2, -0.15) is 0 Å². The smallest absolute Gasteiger partial charge is 0.226 e. The van der Waals surface area contributed by atoms with Crippen LogP contribution in [0.2, 0.25) is 0 Å². The number of alkyl halides is 1. The van der Waals surface area contributed by atoms with Gasteiger partial charge in [0.2, 0.25) is 5.91 Å². The summed E-state index contributed by atoms with van der Waals surface area (Å²) in [4.78, 5) is 14.6. The van der Waals surface area contributed by atoms with Gasteiger partial charge in [-0.25, -0.2) is 0 Å². The molecule has 24 heavy (non-hydrogen) atoms. The van der Waals surface area contributed by atoms with Crippen LogP contribution in [0, 0.1) is 17.3 Å². The standard InChI is InChI=1S/C20H24ClNOS/c21-20-10-13-7-14(11-20)9-19(8-13,12-20)18(23)22-16-5-6-24-17-4-2-1-3-15(16)17/h1-4,13-14,16H,5-12H2,(H,22,23)/t13-,14-,16+,19?,20?/m0/s1. The van der Waals surface area contributed by atoms with Gasteiger partial charge in [-0.15, -0.1) is 23.4 Å². The van der Waals surface area contributed by atoms with E-state index < -0.39 is 0 Å². The van der Waals surface area contributed by atoms with E-state index in [0.717, 1.165) is 44.3 Å². The summed E-state index contributed by atoms with van der Waals surface area (Å²) in [6.45, 7) is 0. The molecule has 0 aromatic heterocycles. The van der Waals surface area contributed by atoms with Gasteiger partial charge in [0, 0.05) is 15.5 Å². The van der Waals surface area contributed by atoms with Crippen molar-refractivity contribution in [3.8, 4) is 0 Å². The number of rotatable bonds is 2. The average molecular weight is 362 g/mol. The fourth-order valence-electron chi connectivity index (χ4n) is 6.22. The molecule has 1 N–H and O–H groups in total. The predicted molar refractivity (Wildman–Crippen MR) is 98.4 cm³/mol. The number of fused-ring (bicyclic) bond motifs is 1. The Labute approximate surface area is 153 Å². The molecular formula is C20H24ClNOS. The minimum atomic E-state index is -0.189. The predicted octanol–water partition coefficient (Wildman–Crippen LogP) is 4.92. The quantitative estimate of drug-likeness (QED) is 0.757. The van der Waals surface area contributed by atoms with Crippen LogP contribution in [0.1, 0.15) is 56.6 Å². The molecule has 4 aliphatic carbocycles. The lowest BCUT2D eigenvalue weighted by atomic mass is 9.49. The minimum absolute atomic E-state index is 0.0955. The van der Waals surface area contributed by atoms with E-state index in [1.807, 2.05) is 11.8 Å². The maximum Gasteiger partial charge on any atom is 0.226 e. The van der Waals surface area contributed by atoms with Crippen molar-refractivity contribution in [1.82, 2.24) is 5.32 Å². The van der Waals surface area contributed by atoms with Crippen molar-refractivity contribution in [2.45, 2.75) is 60.8 Å². The van der Waals surface area contributed by atoms with E-state index in [9.17, 15) is 4.79 Å². The van der Waals surface area contributed by atoms with Gasteiger partial charge in [0.15, 0.2) is 0 Å². The number of nitrogens with one attached hydrogen (secondary N) is 1. The number of carbonyl (C=O) groups is 1. The highest BCUT2D eigenvalue weighted by Crippen LogP contribution is 2.64. The van der Waals surface area contributed by atoms with E-state index in [0.29, 0.717) is 11.8 Å². The molecule has 3 atom stereocenters. The number of benzene rings is 1. The van der Waals surface area contributed by atoms with Crippen molar-refractivity contribution in [3.05, 3.63) is 29.8 Å². The molecule has 2 nitrogen and oxygen atoms in total. The maximum absolute atomic E-state index is 13.3. The number of carbonyl (C=O) groups excluding carboxylic acids is 1. The maximum atomic E-state index is 13.3. The molecule has 4 fully saturated rings. The highest BCUT2D eigenvalue weighted by atomic mass is 35.5. The molecule has 4 heteroatoms. The van der Waals surface area contributed by atoms with Crippen molar-refractivity contribution in [3.63, 3.8) is 0 Å². The van der Waals surface area contributed by atoms with Gasteiger partial charge in [-0.05, 0) is 68.4 Å². The third-order valence-electron chi connectivity index (χ3n) is 6.74. The Hall–Kier alpha value is -0.670. The molecule has 0 unspecified atom stereocenters. The Morgan fingerprint density at radius 3 is 2.67 bits per heavy atom. The summed E-state index contributed by atoms with van der Waals surface area (Å²) in [7, 11) is 0. The Bertz CT molecular complexity index is 676. The van der Waals surface area contributed by atoms with Crippen LogP contribution >= 0.6 is 23.4 Å². The highest BCUT2D eigenvalue weighted by Gasteiger charge is 2.60. The molecule has 5 aliphatic rings. The second-order valence-electron chi connectivity index (χ2n) is 8.59. The van der Waals surface area contributed by atoms with E-state index >= 15 is 0 Å².